The molecule has 0 fully saturated rings. The van der Waals surface area contributed by atoms with Crippen molar-refractivity contribution in [3.05, 3.63) is 64.6 Å². The highest BCUT2D eigenvalue weighted by Gasteiger charge is 2.25. The zero-order valence-electron chi connectivity index (χ0n) is 22.2. The Bertz CT molecular complexity index is 1830. The first-order valence-electron chi connectivity index (χ1n) is 11.4. The van der Waals surface area contributed by atoms with Crippen LogP contribution in [0.2, 0.25) is 0 Å². The van der Waals surface area contributed by atoms with Gasteiger partial charge in [-0.3, -0.25) is 4.55 Å². The van der Waals surface area contributed by atoms with Crippen LogP contribution in [0.15, 0.2) is 47.9 Å². The van der Waals surface area contributed by atoms with E-state index in [-0.39, 0.29) is 11.1 Å². The average molecular weight is 676 g/mol. The molecular formula is C22H29NO13S5. The minimum absolute atomic E-state index is 0.0637. The average Bonchev–Trinajstić information content (AvgIpc) is 2.82. The predicted octanol–water partition coefficient (Wildman–Crippen LogP) is 1.51. The van der Waals surface area contributed by atoms with Crippen LogP contribution in [-0.4, -0.2) is 75.9 Å². The normalized spacial score (nSPS) is 14.3. The molecule has 19 heteroatoms. The SMILES string of the molecule is CCS(=O)(=O)Oc1ccc(/C=C/S(=O)(=O)Cc2ccc(C(C)S(=O)(=O)O)cc2)cc1OS(=O)(=O)CN(C)S(C)(=O)=O. The van der Waals surface area contributed by atoms with Crippen molar-refractivity contribution in [2.45, 2.75) is 24.9 Å². The van der Waals surface area contributed by atoms with Crippen LogP contribution >= 0.6 is 0 Å². The first-order chi connectivity index (χ1) is 18.5. The highest BCUT2D eigenvalue weighted by atomic mass is 32.2. The third-order valence-electron chi connectivity index (χ3n) is 5.39. The number of sulfone groups is 1. The van der Waals surface area contributed by atoms with Crippen molar-refractivity contribution in [3.8, 4) is 11.5 Å². The number of sulfonamides is 1. The van der Waals surface area contributed by atoms with Gasteiger partial charge in [0.05, 0.1) is 17.8 Å². The molecule has 2 aromatic rings. The summed E-state index contributed by atoms with van der Waals surface area (Å²) in [6, 6.07) is 8.76. The molecule has 0 bridgehead atoms. The Hall–Kier alpha value is -2.55. The van der Waals surface area contributed by atoms with Crippen LogP contribution in [0.3, 0.4) is 0 Å². The summed E-state index contributed by atoms with van der Waals surface area (Å²) in [5.74, 6) is -3.23. The molecule has 0 spiro atoms. The fourth-order valence-corrected chi connectivity index (χ4v) is 7.16. The van der Waals surface area contributed by atoms with E-state index in [4.69, 9.17) is 8.37 Å². The fourth-order valence-electron chi connectivity index (χ4n) is 2.96. The first-order valence-corrected chi connectivity index (χ1v) is 19.6. The van der Waals surface area contributed by atoms with E-state index in [0.717, 1.165) is 36.9 Å². The van der Waals surface area contributed by atoms with E-state index in [0.29, 0.717) is 9.87 Å². The monoisotopic (exact) mass is 675 g/mol. The molecule has 0 amide bonds. The maximum absolute atomic E-state index is 12.7. The van der Waals surface area contributed by atoms with Crippen LogP contribution in [0.5, 0.6) is 11.5 Å². The molecule has 0 aliphatic rings. The van der Waals surface area contributed by atoms with Gasteiger partial charge < -0.3 is 8.37 Å². The maximum Gasteiger partial charge on any atom is 0.323 e. The van der Waals surface area contributed by atoms with Gasteiger partial charge in [0.15, 0.2) is 27.2 Å². The zero-order valence-corrected chi connectivity index (χ0v) is 26.3. The molecule has 0 radical (unpaired) electrons. The Labute approximate surface area is 240 Å². The van der Waals surface area contributed by atoms with E-state index in [2.05, 4.69) is 0 Å². The van der Waals surface area contributed by atoms with E-state index >= 15 is 0 Å². The van der Waals surface area contributed by atoms with Gasteiger partial charge in [-0.15, -0.1) is 0 Å². The summed E-state index contributed by atoms with van der Waals surface area (Å²) >= 11 is 0. The number of hydrogen-bond donors (Lipinski definition) is 1. The lowest BCUT2D eigenvalue weighted by atomic mass is 10.1. The lowest BCUT2D eigenvalue weighted by molar-refractivity contribution is 0.434. The molecule has 41 heavy (non-hydrogen) atoms. The van der Waals surface area contributed by atoms with Gasteiger partial charge in [-0.1, -0.05) is 30.3 Å². The number of nitrogens with zero attached hydrogens (tertiary/aromatic N) is 1. The van der Waals surface area contributed by atoms with Crippen LogP contribution in [0.1, 0.15) is 35.8 Å². The maximum atomic E-state index is 12.7. The van der Waals surface area contributed by atoms with E-state index in [1.165, 1.54) is 44.2 Å². The summed E-state index contributed by atoms with van der Waals surface area (Å²) < 4.78 is 140. The lowest BCUT2D eigenvalue weighted by Gasteiger charge is -2.16. The second-order valence-corrected chi connectivity index (χ2v) is 17.9. The fraction of sp³-hybridized carbons (Fsp3) is 0.364. The first kappa shape index (κ1) is 34.7. The van der Waals surface area contributed by atoms with Gasteiger partial charge in [0.2, 0.25) is 10.0 Å². The van der Waals surface area contributed by atoms with E-state index in [1.807, 2.05) is 0 Å². The minimum atomic E-state index is -4.65. The third kappa shape index (κ3) is 11.0. The van der Waals surface area contributed by atoms with E-state index in [1.54, 1.807) is 0 Å². The molecule has 0 saturated heterocycles. The van der Waals surface area contributed by atoms with E-state index < -0.39 is 84.3 Å². The minimum Gasteiger partial charge on any atom is -0.378 e. The molecule has 0 aromatic heterocycles. The highest BCUT2D eigenvalue weighted by molar-refractivity contribution is 7.93. The number of benzene rings is 2. The van der Waals surface area contributed by atoms with Gasteiger partial charge in [0.1, 0.15) is 5.25 Å². The molecule has 230 valence electrons. The molecule has 1 N–H and O–H groups in total. The Kier molecular flexibility index (Phi) is 10.8. The van der Waals surface area contributed by atoms with Gasteiger partial charge in [0, 0.05) is 12.5 Å². The molecule has 1 unspecified atom stereocenters. The van der Waals surface area contributed by atoms with Crippen LogP contribution in [0.25, 0.3) is 6.08 Å². The topological polar surface area (TPSA) is 213 Å². The van der Waals surface area contributed by atoms with Gasteiger partial charge in [-0.2, -0.15) is 29.6 Å². The van der Waals surface area contributed by atoms with Crippen molar-refractivity contribution >= 4 is 56.3 Å². The van der Waals surface area contributed by atoms with Gasteiger partial charge >= 0.3 is 20.2 Å². The van der Waals surface area contributed by atoms with Crippen LogP contribution in [-0.2, 0) is 56.0 Å². The van der Waals surface area contributed by atoms with Crippen LogP contribution in [0.4, 0.5) is 0 Å². The van der Waals surface area contributed by atoms with Gasteiger partial charge in [-0.25, -0.2) is 16.8 Å². The second-order valence-electron chi connectivity index (χ2n) is 8.78. The smallest absolute Gasteiger partial charge is 0.323 e. The highest BCUT2D eigenvalue weighted by Crippen LogP contribution is 2.32. The van der Waals surface area contributed by atoms with Crippen molar-refractivity contribution in [2.75, 3.05) is 24.9 Å². The number of rotatable bonds is 14. The molecular weight excluding hydrogens is 647 g/mol. The summed E-state index contributed by atoms with van der Waals surface area (Å²) in [6.07, 6.45) is 1.86. The molecule has 0 heterocycles. The van der Waals surface area contributed by atoms with Crippen molar-refractivity contribution in [2.24, 2.45) is 0 Å². The number of hydrogen-bond acceptors (Lipinski definition) is 12. The van der Waals surface area contributed by atoms with Crippen LogP contribution < -0.4 is 8.37 Å². The molecule has 0 saturated carbocycles. The molecule has 0 aliphatic carbocycles. The zero-order chi connectivity index (χ0) is 31.4. The quantitative estimate of drug-likeness (QED) is 0.222. The summed E-state index contributed by atoms with van der Waals surface area (Å²) in [7, 11) is -20.0. The molecule has 2 rings (SSSR count). The van der Waals surface area contributed by atoms with E-state index in [9.17, 15) is 46.6 Å². The predicted molar refractivity (Wildman–Crippen MR) is 152 cm³/mol. The lowest BCUT2D eigenvalue weighted by Crippen LogP contribution is -2.33. The van der Waals surface area contributed by atoms with Crippen LogP contribution in [0, 0.1) is 0 Å². The van der Waals surface area contributed by atoms with Gasteiger partial charge in [-0.05, 0) is 48.7 Å². The summed E-state index contributed by atoms with van der Waals surface area (Å²) in [6.45, 7) is 2.54. The molecule has 1 atom stereocenters. The van der Waals surface area contributed by atoms with Crippen molar-refractivity contribution < 1.29 is 55.0 Å². The Morgan fingerprint density at radius 2 is 1.41 bits per heavy atom. The Balaban J connectivity index is 2.36. The van der Waals surface area contributed by atoms with Gasteiger partial charge in [0.25, 0.3) is 10.1 Å². The summed E-state index contributed by atoms with van der Waals surface area (Å²) in [5.41, 5.74) is 0.621. The Morgan fingerprint density at radius 1 is 0.854 bits per heavy atom. The second kappa shape index (κ2) is 12.8. The molecule has 14 nitrogen and oxygen atoms in total. The van der Waals surface area contributed by atoms with Crippen molar-refractivity contribution in [1.82, 2.24) is 4.31 Å². The third-order valence-corrected chi connectivity index (χ3v) is 11.5. The van der Waals surface area contributed by atoms with Crippen molar-refractivity contribution in [1.29, 1.82) is 0 Å². The standard InChI is InChI=1S/C22H29NO13S5/c1-5-39(28,29)35-21-11-8-18(14-22(21)36-40(30,31)16-23(3)37(4,24)25)12-13-38(26,27)15-19-6-9-20(10-7-19)17(2)41(32,33)34/h6-14,17H,5,15-16H2,1-4H3,(H,32,33,34)/b13-12+. The molecule has 2 aromatic carbocycles. The largest absolute Gasteiger partial charge is 0.378 e. The molecule has 0 aliphatic heterocycles. The summed E-state index contributed by atoms with van der Waals surface area (Å²) in [4.78, 5) is 0. The summed E-state index contributed by atoms with van der Waals surface area (Å²) in [5, 5.41) is -0.393. The Morgan fingerprint density at radius 3 is 1.93 bits per heavy atom. The van der Waals surface area contributed by atoms with Crippen molar-refractivity contribution in [3.63, 3.8) is 0 Å².